The van der Waals surface area contributed by atoms with Crippen molar-refractivity contribution in [3.8, 4) is 0 Å². The highest BCUT2D eigenvalue weighted by atomic mass is 31.2. The Hall–Kier alpha value is -0.390. The molecule has 0 aliphatic rings. The zero-order chi connectivity index (χ0) is 19.1. The third-order valence-corrected chi connectivity index (χ3v) is 2.50. The van der Waals surface area contributed by atoms with Gasteiger partial charge in [-0.25, -0.2) is 4.57 Å². The van der Waals surface area contributed by atoms with Crippen molar-refractivity contribution >= 4 is 7.82 Å². The van der Waals surface area contributed by atoms with E-state index in [1.165, 1.54) is 6.92 Å². The molecule has 0 bridgehead atoms. The van der Waals surface area contributed by atoms with Crippen LogP contribution in [0.4, 0.5) is 26.3 Å². The fraction of sp³-hybridized carbons (Fsp3) is 1.00. The summed E-state index contributed by atoms with van der Waals surface area (Å²) in [5.74, 6) is 0. The lowest BCUT2D eigenvalue weighted by atomic mass is 9.90. The summed E-state index contributed by atoms with van der Waals surface area (Å²) in [6.07, 6.45) is -12.2. The van der Waals surface area contributed by atoms with Gasteiger partial charge in [-0.2, -0.15) is 26.3 Å². The molecular formula is C10H21F6N2O4P. The summed E-state index contributed by atoms with van der Waals surface area (Å²) < 4.78 is 82.3. The summed E-state index contributed by atoms with van der Waals surface area (Å²) in [6.45, 7) is 2.72. The highest BCUT2D eigenvalue weighted by Gasteiger charge is 2.42. The number of phosphoric acid groups is 1. The first-order valence-corrected chi connectivity index (χ1v) is 7.83. The number of hydrogen-bond donors (Lipinski definition) is 5. The SMILES string of the molecule is CC(CN)NC(C)(CCC(F)(F)F)CC(F)(F)F.O=P(O)(O)O. The molecule has 2 atom stereocenters. The maximum absolute atomic E-state index is 12.4. The molecule has 23 heavy (non-hydrogen) atoms. The molecule has 0 aromatic heterocycles. The highest BCUT2D eigenvalue weighted by Crippen LogP contribution is 2.34. The van der Waals surface area contributed by atoms with Crippen molar-refractivity contribution in [2.75, 3.05) is 6.54 Å². The number of rotatable bonds is 6. The van der Waals surface area contributed by atoms with Gasteiger partial charge in [0, 0.05) is 24.5 Å². The van der Waals surface area contributed by atoms with Gasteiger partial charge in [-0.15, -0.1) is 0 Å². The van der Waals surface area contributed by atoms with Crippen molar-refractivity contribution in [2.45, 2.75) is 57.0 Å². The summed E-state index contributed by atoms with van der Waals surface area (Å²) in [7, 11) is -4.64. The number of nitrogens with one attached hydrogen (secondary N) is 1. The molecule has 2 unspecified atom stereocenters. The van der Waals surface area contributed by atoms with Crippen molar-refractivity contribution in [1.29, 1.82) is 0 Å². The van der Waals surface area contributed by atoms with E-state index >= 15 is 0 Å². The summed E-state index contributed by atoms with van der Waals surface area (Å²) in [5.41, 5.74) is 3.60. The van der Waals surface area contributed by atoms with Crippen LogP contribution in [0.25, 0.3) is 0 Å². The molecule has 6 nitrogen and oxygen atoms in total. The first-order valence-electron chi connectivity index (χ1n) is 6.26. The van der Waals surface area contributed by atoms with Gasteiger partial charge in [0.05, 0.1) is 6.42 Å². The summed E-state index contributed by atoms with van der Waals surface area (Å²) in [5, 5.41) is 2.53. The van der Waals surface area contributed by atoms with Gasteiger partial charge in [0.25, 0.3) is 0 Å². The summed E-state index contributed by atoms with van der Waals surface area (Å²) in [6, 6.07) is -0.481. The Balaban J connectivity index is 0. The average molecular weight is 378 g/mol. The van der Waals surface area contributed by atoms with Crippen molar-refractivity contribution in [3.05, 3.63) is 0 Å². The molecule has 0 fully saturated rings. The lowest BCUT2D eigenvalue weighted by molar-refractivity contribution is -0.162. The van der Waals surface area contributed by atoms with E-state index in [4.69, 9.17) is 25.0 Å². The fourth-order valence-electron chi connectivity index (χ4n) is 1.73. The van der Waals surface area contributed by atoms with E-state index in [9.17, 15) is 26.3 Å². The van der Waals surface area contributed by atoms with Crippen molar-refractivity contribution < 1.29 is 45.6 Å². The Morgan fingerprint density at radius 2 is 1.43 bits per heavy atom. The molecule has 0 aliphatic heterocycles. The summed E-state index contributed by atoms with van der Waals surface area (Å²) >= 11 is 0. The van der Waals surface area contributed by atoms with Gasteiger partial charge in [-0.1, -0.05) is 0 Å². The minimum atomic E-state index is -4.64. The molecule has 0 aromatic carbocycles. The minimum Gasteiger partial charge on any atom is -0.329 e. The van der Waals surface area contributed by atoms with Crippen LogP contribution in [0.1, 0.15) is 33.1 Å². The van der Waals surface area contributed by atoms with Crippen LogP contribution in [0.2, 0.25) is 0 Å². The number of hydrogen-bond acceptors (Lipinski definition) is 3. The van der Waals surface area contributed by atoms with E-state index in [0.717, 1.165) is 6.92 Å². The monoisotopic (exact) mass is 378 g/mol. The summed E-state index contributed by atoms with van der Waals surface area (Å²) in [4.78, 5) is 21.6. The van der Waals surface area contributed by atoms with Gasteiger partial charge in [-0.3, -0.25) is 0 Å². The predicted molar refractivity (Wildman–Crippen MR) is 70.3 cm³/mol. The molecule has 0 aromatic rings. The normalized spacial score (nSPS) is 17.0. The smallest absolute Gasteiger partial charge is 0.329 e. The van der Waals surface area contributed by atoms with Crippen LogP contribution in [-0.4, -0.2) is 45.2 Å². The first kappa shape index (κ1) is 24.9. The number of nitrogens with two attached hydrogens (primary N) is 1. The zero-order valence-corrected chi connectivity index (χ0v) is 13.3. The maximum atomic E-state index is 12.4. The van der Waals surface area contributed by atoms with Gasteiger partial charge in [0.1, 0.15) is 0 Å². The molecule has 0 radical (unpaired) electrons. The average Bonchev–Trinajstić information content (AvgIpc) is 2.20. The minimum absolute atomic E-state index is 0.0550. The largest absolute Gasteiger partial charge is 0.466 e. The predicted octanol–water partition coefficient (Wildman–Crippen LogP) is 2.05. The van der Waals surface area contributed by atoms with Crippen LogP contribution in [-0.2, 0) is 4.57 Å². The first-order chi connectivity index (χ1) is 9.87. The Labute approximate surface area is 129 Å². The zero-order valence-electron chi connectivity index (χ0n) is 12.4. The van der Waals surface area contributed by atoms with Crippen molar-refractivity contribution in [3.63, 3.8) is 0 Å². The quantitative estimate of drug-likeness (QED) is 0.357. The van der Waals surface area contributed by atoms with Crippen LogP contribution in [0.3, 0.4) is 0 Å². The van der Waals surface area contributed by atoms with Crippen LogP contribution < -0.4 is 11.1 Å². The Bertz CT molecular complexity index is 378. The van der Waals surface area contributed by atoms with Gasteiger partial charge < -0.3 is 25.7 Å². The number of alkyl halides is 6. The standard InChI is InChI=1S/C10H18F6N2.H3O4P/c1-7(5-17)18-8(2,6-10(14,15)16)3-4-9(11,12)13;1-5(2,3)4/h7,18H,3-6,17H2,1-2H3;(H3,1,2,3,4). The molecule has 0 saturated heterocycles. The van der Waals surface area contributed by atoms with E-state index in [2.05, 4.69) is 5.32 Å². The van der Waals surface area contributed by atoms with Gasteiger partial charge in [0.2, 0.25) is 0 Å². The van der Waals surface area contributed by atoms with Gasteiger partial charge in [0.15, 0.2) is 0 Å². The molecule has 13 heteroatoms. The molecule has 0 amide bonds. The van der Waals surface area contributed by atoms with E-state index in [1.807, 2.05) is 0 Å². The molecule has 6 N–H and O–H groups in total. The van der Waals surface area contributed by atoms with Crippen molar-refractivity contribution in [1.82, 2.24) is 5.32 Å². The Morgan fingerprint density at radius 3 is 1.70 bits per heavy atom. The van der Waals surface area contributed by atoms with E-state index in [1.54, 1.807) is 0 Å². The molecule has 0 spiro atoms. The number of halogens is 6. The molecular weight excluding hydrogens is 357 g/mol. The third kappa shape index (κ3) is 21.6. The van der Waals surface area contributed by atoms with Gasteiger partial charge in [-0.05, 0) is 20.3 Å². The Kier molecular flexibility index (Phi) is 9.93. The highest BCUT2D eigenvalue weighted by molar-refractivity contribution is 7.45. The maximum Gasteiger partial charge on any atom is 0.466 e. The van der Waals surface area contributed by atoms with Crippen molar-refractivity contribution in [2.24, 2.45) is 5.73 Å². The fourth-order valence-corrected chi connectivity index (χ4v) is 1.73. The lowest BCUT2D eigenvalue weighted by Gasteiger charge is -2.35. The van der Waals surface area contributed by atoms with E-state index in [0.29, 0.717) is 0 Å². The van der Waals surface area contributed by atoms with Crippen LogP contribution in [0.5, 0.6) is 0 Å². The van der Waals surface area contributed by atoms with Crippen LogP contribution in [0.15, 0.2) is 0 Å². The second-order valence-electron chi connectivity index (χ2n) is 5.26. The van der Waals surface area contributed by atoms with E-state index < -0.39 is 51.0 Å². The molecule has 0 saturated carbocycles. The topological polar surface area (TPSA) is 116 Å². The third-order valence-electron chi connectivity index (χ3n) is 2.50. The lowest BCUT2D eigenvalue weighted by Crippen LogP contribution is -2.52. The molecule has 0 aliphatic carbocycles. The van der Waals surface area contributed by atoms with Gasteiger partial charge >= 0.3 is 20.2 Å². The second kappa shape index (κ2) is 9.19. The van der Waals surface area contributed by atoms with Crippen LogP contribution >= 0.6 is 7.82 Å². The van der Waals surface area contributed by atoms with Crippen LogP contribution in [0, 0.1) is 0 Å². The second-order valence-corrected chi connectivity index (χ2v) is 6.29. The molecule has 142 valence electrons. The Morgan fingerprint density at radius 1 is 1.04 bits per heavy atom. The van der Waals surface area contributed by atoms with E-state index in [-0.39, 0.29) is 6.54 Å². The molecule has 0 rings (SSSR count). The molecule has 0 heterocycles.